The van der Waals surface area contributed by atoms with Crippen LogP contribution >= 0.6 is 0 Å². The number of morpholine rings is 2. The number of carbonyl (C=O) groups is 8. The smallest absolute Gasteiger partial charge is 0.416 e. The maximum absolute atomic E-state index is 16.2. The first-order valence-corrected chi connectivity index (χ1v) is 23.6. The lowest BCUT2D eigenvalue weighted by molar-refractivity contribution is -0.154. The maximum Gasteiger partial charge on any atom is 0.416 e. The molecule has 26 nitrogen and oxygen atoms in total. The Morgan fingerprint density at radius 2 is 0.973 bits per heavy atom. The van der Waals surface area contributed by atoms with E-state index in [1.54, 1.807) is 49.6 Å². The number of urea groups is 2. The van der Waals surface area contributed by atoms with Crippen molar-refractivity contribution in [2.45, 2.75) is 96.5 Å². The van der Waals surface area contributed by atoms with E-state index >= 15 is 8.78 Å². The second-order valence-electron chi connectivity index (χ2n) is 19.5. The van der Waals surface area contributed by atoms with Gasteiger partial charge in [0.2, 0.25) is 34.8 Å². The monoisotopic (exact) mass is 1050 g/mol. The second-order valence-corrected chi connectivity index (χ2v) is 19.5. The van der Waals surface area contributed by atoms with Crippen LogP contribution in [0.5, 0.6) is 0 Å². The Kier molecular flexibility index (Phi) is 12.5. The standard InChI is InChI=1S/2C23H24FN5O8.CH4/c2*1-9-6-28-15-11(5-23(17(28)10(2)36-9)19(30)25-21(32)26-20(23)31)4-13-16(14(15)24)37-27-18(13)29-12(7-34-3)8-35-22(29)33;/h2*4,9-10,12,17H,5-8H2,1-3H3,(H2,25,26,30,31,32);1H4/t9-,10+,12+,17-;9-,10+,12-,17-;/m11./s1. The molecule has 0 unspecified atom stereocenters. The van der Waals surface area contributed by atoms with Crippen molar-refractivity contribution in [2.24, 2.45) is 10.8 Å². The average molecular weight is 1050 g/mol. The van der Waals surface area contributed by atoms with E-state index in [4.69, 9.17) is 37.5 Å². The molecule has 6 saturated heterocycles. The van der Waals surface area contributed by atoms with Crippen molar-refractivity contribution in [1.82, 2.24) is 31.6 Å². The molecule has 8 atom stereocenters. The Hall–Kier alpha value is -7.56. The quantitative estimate of drug-likeness (QED) is 0.201. The molecule has 0 aliphatic carbocycles. The molecule has 12 rings (SSSR count). The molecule has 8 aliphatic rings. The molecule has 400 valence electrons. The minimum absolute atomic E-state index is 0. The number of imide groups is 4. The van der Waals surface area contributed by atoms with Gasteiger partial charge in [0.05, 0.1) is 83.9 Å². The number of rotatable bonds is 6. The van der Waals surface area contributed by atoms with Crippen LogP contribution < -0.4 is 40.9 Å². The van der Waals surface area contributed by atoms with Gasteiger partial charge in [-0.3, -0.25) is 40.4 Å². The van der Waals surface area contributed by atoms with Crippen molar-refractivity contribution in [3.8, 4) is 0 Å². The summed E-state index contributed by atoms with van der Waals surface area (Å²) in [6, 6.07) is -1.55. The van der Waals surface area contributed by atoms with E-state index < -0.39 is 107 Å². The highest BCUT2D eigenvalue weighted by Crippen LogP contribution is 2.52. The largest absolute Gasteiger partial charge is 0.447 e. The van der Waals surface area contributed by atoms with Crippen LogP contribution in [0.4, 0.5) is 51.0 Å². The van der Waals surface area contributed by atoms with Crippen LogP contribution in [0.3, 0.4) is 0 Å². The summed E-state index contributed by atoms with van der Waals surface area (Å²) in [6.07, 6.45) is -3.83. The summed E-state index contributed by atoms with van der Waals surface area (Å²) in [7, 11) is 2.95. The van der Waals surface area contributed by atoms with Gasteiger partial charge in [-0.25, -0.2) is 37.8 Å². The SMILES string of the molecule is C.COC[C@@H]1COC(=O)N1c1noc2c(F)c3c(cc12)CC1(C(=O)NC(=O)NC1=O)[C@H]1[C@H](C)O[C@H](C)CN31.COC[C@H]1COC(=O)N1c1noc2c(F)c3c(cc12)CC1(C(=O)NC(=O)NC1=O)[C@H]1[C@H](C)O[C@H](C)CN31. The van der Waals surface area contributed by atoms with Gasteiger partial charge in [0.15, 0.2) is 34.1 Å². The van der Waals surface area contributed by atoms with Crippen molar-refractivity contribution >= 4 is 92.8 Å². The summed E-state index contributed by atoms with van der Waals surface area (Å²) in [4.78, 5) is 108. The number of nitrogens with zero attached hydrogens (tertiary/aromatic N) is 6. The van der Waals surface area contributed by atoms with Gasteiger partial charge in [-0.15, -0.1) is 0 Å². The summed E-state index contributed by atoms with van der Waals surface area (Å²) in [5.74, 6) is -4.57. The van der Waals surface area contributed by atoms with E-state index in [2.05, 4.69) is 31.6 Å². The molecule has 6 fully saturated rings. The van der Waals surface area contributed by atoms with Gasteiger partial charge in [0.1, 0.15) is 13.2 Å². The van der Waals surface area contributed by atoms with E-state index in [1.807, 2.05) is 0 Å². The molecule has 28 heteroatoms. The molecule has 4 aromatic rings. The van der Waals surface area contributed by atoms with Gasteiger partial charge >= 0.3 is 24.2 Å². The Balaban J connectivity index is 0.000000169. The summed E-state index contributed by atoms with van der Waals surface area (Å²) < 4.78 is 75.7. The van der Waals surface area contributed by atoms with E-state index in [9.17, 15) is 38.4 Å². The van der Waals surface area contributed by atoms with Crippen molar-refractivity contribution in [1.29, 1.82) is 0 Å². The van der Waals surface area contributed by atoms with E-state index in [1.165, 1.54) is 24.0 Å². The molecule has 8 aliphatic heterocycles. The van der Waals surface area contributed by atoms with Crippen molar-refractivity contribution in [3.63, 3.8) is 0 Å². The Labute approximate surface area is 423 Å². The van der Waals surface area contributed by atoms with Crippen LogP contribution in [0.1, 0.15) is 46.2 Å². The lowest BCUT2D eigenvalue weighted by atomic mass is 9.66. The number of benzene rings is 2. The van der Waals surface area contributed by atoms with Crippen LogP contribution in [0.2, 0.25) is 0 Å². The molecule has 2 aromatic heterocycles. The van der Waals surface area contributed by atoms with Crippen LogP contribution in [0.25, 0.3) is 21.9 Å². The molecule has 2 aromatic carbocycles. The van der Waals surface area contributed by atoms with Crippen molar-refractivity contribution in [2.75, 3.05) is 73.3 Å². The number of ether oxygens (including phenoxy) is 6. The van der Waals surface area contributed by atoms with E-state index in [-0.39, 0.29) is 117 Å². The molecule has 2 spiro atoms. The summed E-state index contributed by atoms with van der Waals surface area (Å²) in [5, 5.41) is 17.1. The topological polar surface area (TPSA) is 305 Å². The zero-order valence-electron chi connectivity index (χ0n) is 40.4. The number of methoxy groups -OCH3 is 2. The summed E-state index contributed by atoms with van der Waals surface area (Å²) >= 11 is 0. The lowest BCUT2D eigenvalue weighted by Crippen LogP contribution is -2.75. The molecule has 0 radical (unpaired) electrons. The fourth-order valence-corrected chi connectivity index (χ4v) is 12.3. The molecular formula is C47H52F2N10O16. The number of nitrogens with one attached hydrogen (secondary N) is 4. The highest BCUT2D eigenvalue weighted by Gasteiger charge is 2.65. The fourth-order valence-electron chi connectivity index (χ4n) is 12.3. The van der Waals surface area contributed by atoms with Gasteiger partial charge in [0.25, 0.3) is 0 Å². The third-order valence-electron chi connectivity index (χ3n) is 15.0. The van der Waals surface area contributed by atoms with E-state index in [0.717, 1.165) is 0 Å². The number of amides is 10. The number of barbiturate groups is 2. The van der Waals surface area contributed by atoms with Crippen LogP contribution in [0, 0.1) is 22.5 Å². The summed E-state index contributed by atoms with van der Waals surface area (Å²) in [5.41, 5.74) is -2.96. The van der Waals surface area contributed by atoms with E-state index in [0.29, 0.717) is 11.1 Å². The minimum atomic E-state index is -1.77. The van der Waals surface area contributed by atoms with Gasteiger partial charge in [-0.05, 0) is 51.0 Å². The summed E-state index contributed by atoms with van der Waals surface area (Å²) in [6.45, 7) is 7.77. The fraction of sp³-hybridized carbons (Fsp3) is 0.532. The Morgan fingerprint density at radius 3 is 1.32 bits per heavy atom. The van der Waals surface area contributed by atoms with Gasteiger partial charge < -0.3 is 47.3 Å². The first-order valence-electron chi connectivity index (χ1n) is 23.6. The zero-order valence-corrected chi connectivity index (χ0v) is 40.4. The predicted molar refractivity (Wildman–Crippen MR) is 252 cm³/mol. The highest BCUT2D eigenvalue weighted by molar-refractivity contribution is 6.22. The number of anilines is 4. The van der Waals surface area contributed by atoms with Gasteiger partial charge in [-0.1, -0.05) is 17.7 Å². The third kappa shape index (κ3) is 7.45. The predicted octanol–water partition coefficient (Wildman–Crippen LogP) is 2.29. The van der Waals surface area contributed by atoms with Crippen LogP contribution in [-0.4, -0.2) is 161 Å². The highest BCUT2D eigenvalue weighted by atomic mass is 19.1. The van der Waals surface area contributed by atoms with Gasteiger partial charge in [0, 0.05) is 40.2 Å². The molecule has 0 bridgehead atoms. The van der Waals surface area contributed by atoms with Crippen LogP contribution in [-0.2, 0) is 60.4 Å². The number of cyclic esters (lactones) is 2. The first kappa shape index (κ1) is 50.9. The number of hydrogen-bond donors (Lipinski definition) is 4. The number of aromatic nitrogens is 2. The zero-order chi connectivity index (χ0) is 52.4. The van der Waals surface area contributed by atoms with Gasteiger partial charge in [-0.2, -0.15) is 0 Å². The molecule has 75 heavy (non-hydrogen) atoms. The maximum atomic E-state index is 16.2. The van der Waals surface area contributed by atoms with Crippen molar-refractivity contribution in [3.05, 3.63) is 34.9 Å². The molecule has 0 saturated carbocycles. The normalized spacial score (nSPS) is 28.4. The second kappa shape index (κ2) is 18.4. The Morgan fingerprint density at radius 1 is 0.613 bits per heavy atom. The van der Waals surface area contributed by atoms with Crippen molar-refractivity contribution < 1.29 is 84.6 Å². The number of carbonyl (C=O) groups excluding carboxylic acids is 8. The minimum Gasteiger partial charge on any atom is -0.447 e. The number of fused-ring (bicyclic) bond motifs is 10. The molecular weight excluding hydrogens is 999 g/mol. The van der Waals surface area contributed by atoms with Crippen LogP contribution in [0.15, 0.2) is 21.2 Å². The lowest BCUT2D eigenvalue weighted by Gasteiger charge is -2.55. The number of halogens is 2. The Bertz CT molecular complexity index is 2890. The average Bonchev–Trinajstić information content (AvgIpc) is 4.12. The molecule has 10 amide bonds. The first-order chi connectivity index (χ1) is 35.3. The molecule has 10 heterocycles. The molecule has 4 N–H and O–H groups in total. The third-order valence-corrected chi connectivity index (χ3v) is 15.0. The number of hydrogen-bond acceptors (Lipinski definition) is 20.